The van der Waals surface area contributed by atoms with E-state index in [1.165, 1.54) is 23.7 Å². The molecule has 0 aliphatic heterocycles. The molecule has 0 radical (unpaired) electrons. The first-order valence-electron chi connectivity index (χ1n) is 16.2. The van der Waals surface area contributed by atoms with Gasteiger partial charge in [0.15, 0.2) is 11.6 Å². The van der Waals surface area contributed by atoms with Crippen LogP contribution in [0, 0.1) is 12.7 Å². The van der Waals surface area contributed by atoms with Gasteiger partial charge < -0.3 is 35.5 Å². The number of carbonyl (C=O) groups excluding carboxylic acids is 2. The van der Waals surface area contributed by atoms with Crippen LogP contribution in [-0.2, 0) is 25.7 Å². The Morgan fingerprint density at radius 1 is 0.943 bits per heavy atom. The number of methoxy groups -OCH3 is 1. The minimum absolute atomic E-state index is 0.0683. The number of aromatic nitrogens is 3. The van der Waals surface area contributed by atoms with Gasteiger partial charge in [0.25, 0.3) is 11.5 Å². The van der Waals surface area contributed by atoms with Gasteiger partial charge in [-0.25, -0.2) is 9.07 Å². The summed E-state index contributed by atoms with van der Waals surface area (Å²) in [6.07, 6.45) is 0.287. The number of pyridine rings is 1. The first-order valence-corrected chi connectivity index (χ1v) is 16.2. The molecule has 2 unspecified atom stereocenters. The lowest BCUT2D eigenvalue weighted by atomic mass is 10.2. The Hall–Kier alpha value is -6.55. The Bertz CT molecular complexity index is 2170. The maximum Gasteiger partial charge on any atom is 0.322 e. The molecule has 1 amide bonds. The lowest BCUT2D eigenvalue weighted by molar-refractivity contribution is -0.150. The summed E-state index contributed by atoms with van der Waals surface area (Å²) < 4.78 is 34.6. The van der Waals surface area contributed by atoms with Crippen LogP contribution in [0.25, 0.3) is 16.6 Å². The summed E-state index contributed by atoms with van der Waals surface area (Å²) in [7, 11) is 1.55. The second kappa shape index (κ2) is 17.6. The number of nitrogens with two attached hydrogens (primary N) is 1. The second-order valence-corrected chi connectivity index (χ2v) is 11.7. The average molecular weight is 732 g/mol. The van der Waals surface area contributed by atoms with Gasteiger partial charge in [0.1, 0.15) is 29.2 Å². The fourth-order valence-corrected chi connectivity index (χ4v) is 5.05. The number of halogens is 1. The fourth-order valence-electron chi connectivity index (χ4n) is 5.05. The fraction of sp³-hybridized carbons (Fsp3) is 0.243. The summed E-state index contributed by atoms with van der Waals surface area (Å²) in [6, 6.07) is 18.8. The number of nitrogens with zero attached hydrogens (tertiary/aromatic N) is 3. The molecule has 2 atom stereocenters. The molecule has 0 fully saturated rings. The Balaban J connectivity index is 0.000000703. The molecule has 0 saturated heterocycles. The minimum atomic E-state index is -1.08. The number of rotatable bonds is 13. The molecule has 53 heavy (non-hydrogen) atoms. The summed E-state index contributed by atoms with van der Waals surface area (Å²) in [5, 5.41) is 19.1. The van der Waals surface area contributed by atoms with E-state index in [1.807, 2.05) is 0 Å². The van der Waals surface area contributed by atoms with Crippen molar-refractivity contribution < 1.29 is 48.0 Å². The molecule has 15 nitrogen and oxygen atoms in total. The van der Waals surface area contributed by atoms with Crippen molar-refractivity contribution in [2.45, 2.75) is 52.3 Å². The van der Waals surface area contributed by atoms with Crippen LogP contribution in [0.15, 0.2) is 83.8 Å². The Morgan fingerprint density at radius 3 is 2.23 bits per heavy atom. The first-order chi connectivity index (χ1) is 25.2. The maximum atomic E-state index is 15.2. The normalized spacial score (nSPS) is 11.8. The molecule has 0 aliphatic rings. The van der Waals surface area contributed by atoms with Crippen molar-refractivity contribution in [3.8, 4) is 22.9 Å². The van der Waals surface area contributed by atoms with Crippen molar-refractivity contribution in [1.82, 2.24) is 14.3 Å². The Kier molecular flexibility index (Phi) is 13.0. The number of nitrogens with one attached hydrogen (secondary N) is 1. The molecular formula is C37H38FN5O10. The molecule has 2 aromatic heterocycles. The van der Waals surface area contributed by atoms with Gasteiger partial charge in [-0.2, -0.15) is 0 Å². The third kappa shape index (κ3) is 10.0. The van der Waals surface area contributed by atoms with Crippen LogP contribution in [-0.4, -0.2) is 67.6 Å². The number of para-hydroxylation sites is 1. The largest absolute Gasteiger partial charge is 0.497 e. The van der Waals surface area contributed by atoms with Gasteiger partial charge in [-0.3, -0.25) is 33.6 Å². The molecule has 16 heteroatoms. The zero-order valence-corrected chi connectivity index (χ0v) is 29.2. The van der Waals surface area contributed by atoms with Gasteiger partial charge in [-0.15, -0.1) is 0 Å². The predicted molar refractivity (Wildman–Crippen MR) is 191 cm³/mol. The van der Waals surface area contributed by atoms with E-state index in [0.29, 0.717) is 33.8 Å². The topological polar surface area (TPSA) is 214 Å². The van der Waals surface area contributed by atoms with Crippen LogP contribution >= 0.6 is 0 Å². The zero-order valence-electron chi connectivity index (χ0n) is 29.2. The third-order valence-corrected chi connectivity index (χ3v) is 7.62. The van der Waals surface area contributed by atoms with E-state index < -0.39 is 47.3 Å². The molecule has 278 valence electrons. The molecule has 0 saturated carbocycles. The number of hydrogen-bond acceptors (Lipinski definition) is 10. The van der Waals surface area contributed by atoms with Crippen LogP contribution in [0.3, 0.4) is 0 Å². The van der Waals surface area contributed by atoms with Crippen LogP contribution < -0.4 is 26.1 Å². The van der Waals surface area contributed by atoms with E-state index in [4.69, 9.17) is 30.2 Å². The highest BCUT2D eigenvalue weighted by atomic mass is 19.1. The van der Waals surface area contributed by atoms with Gasteiger partial charge in [0.05, 0.1) is 43.4 Å². The van der Waals surface area contributed by atoms with Crippen molar-refractivity contribution >= 4 is 40.4 Å². The standard InChI is InChI=1S/C33H32FN5O6.C4H6O4/c1-19(44-33(42)20(2)35)18-38-21(3)30(32(41)39(38)23-8-6-5-7-9-23)31(40)37-22-10-13-29(26(34)16-22)45-28-14-15-36-27-17-24(43-4)11-12-25(27)28;5-3(6)1-2-4(7)8/h5-17,19-20H,18,35H2,1-4H3,(H,37,40);1-2H2,(H,5,6)(H,7,8). The summed E-state index contributed by atoms with van der Waals surface area (Å²) >= 11 is 0. The predicted octanol–water partition coefficient (Wildman–Crippen LogP) is 4.90. The smallest absolute Gasteiger partial charge is 0.322 e. The molecule has 3 aromatic carbocycles. The highest BCUT2D eigenvalue weighted by molar-refractivity contribution is 6.05. The second-order valence-electron chi connectivity index (χ2n) is 11.7. The highest BCUT2D eigenvalue weighted by Gasteiger charge is 2.26. The maximum absolute atomic E-state index is 15.2. The number of esters is 1. The Labute approximate surface area is 302 Å². The number of benzene rings is 3. The van der Waals surface area contributed by atoms with E-state index in [0.717, 1.165) is 6.07 Å². The summed E-state index contributed by atoms with van der Waals surface area (Å²) in [5.74, 6) is -3.27. The van der Waals surface area contributed by atoms with E-state index in [9.17, 15) is 24.0 Å². The molecule has 5 rings (SSSR count). The third-order valence-electron chi connectivity index (χ3n) is 7.62. The van der Waals surface area contributed by atoms with Crippen LogP contribution in [0.2, 0.25) is 0 Å². The quantitative estimate of drug-likeness (QED) is 0.119. The SMILES string of the molecule is COc1ccc2c(Oc3ccc(NC(=O)c4c(C)n(CC(C)OC(=O)C(C)N)n(-c5ccccc5)c4=O)cc3F)ccnc2c1.O=C(O)CCC(=O)O. The number of amides is 1. The lowest BCUT2D eigenvalue weighted by Crippen LogP contribution is -2.34. The molecular weight excluding hydrogens is 693 g/mol. The van der Waals surface area contributed by atoms with Crippen LogP contribution in [0.4, 0.5) is 10.1 Å². The van der Waals surface area contributed by atoms with E-state index in [-0.39, 0.29) is 36.4 Å². The number of carboxylic acid groups (broad SMARTS) is 2. The van der Waals surface area contributed by atoms with Crippen LogP contribution in [0.5, 0.6) is 17.2 Å². The number of fused-ring (bicyclic) bond motifs is 1. The average Bonchev–Trinajstić information content (AvgIpc) is 3.36. The number of hydrogen-bond donors (Lipinski definition) is 4. The summed E-state index contributed by atoms with van der Waals surface area (Å²) in [6.45, 7) is 4.86. The van der Waals surface area contributed by atoms with Crippen molar-refractivity contribution in [3.63, 3.8) is 0 Å². The van der Waals surface area contributed by atoms with Gasteiger partial charge in [-0.1, -0.05) is 18.2 Å². The Morgan fingerprint density at radius 2 is 1.62 bits per heavy atom. The minimum Gasteiger partial charge on any atom is -0.497 e. The summed E-state index contributed by atoms with van der Waals surface area (Å²) in [5.41, 5.74) is 6.45. The van der Waals surface area contributed by atoms with Crippen molar-refractivity contribution in [1.29, 1.82) is 0 Å². The van der Waals surface area contributed by atoms with Gasteiger partial charge in [0, 0.05) is 29.4 Å². The number of carbonyl (C=O) groups is 4. The first kappa shape index (κ1) is 39.2. The van der Waals surface area contributed by atoms with Gasteiger partial charge in [0.2, 0.25) is 0 Å². The molecule has 0 spiro atoms. The molecule has 0 aliphatic carbocycles. The van der Waals surface area contributed by atoms with Crippen LogP contribution in [0.1, 0.15) is 42.7 Å². The van der Waals surface area contributed by atoms with Crippen molar-refractivity contribution in [2.24, 2.45) is 5.73 Å². The van der Waals surface area contributed by atoms with E-state index in [2.05, 4.69) is 10.3 Å². The monoisotopic (exact) mass is 731 g/mol. The molecule has 5 N–H and O–H groups in total. The molecule has 2 heterocycles. The van der Waals surface area contributed by atoms with E-state index in [1.54, 1.807) is 86.4 Å². The highest BCUT2D eigenvalue weighted by Crippen LogP contribution is 2.33. The van der Waals surface area contributed by atoms with Crippen molar-refractivity contribution in [3.05, 3.63) is 106 Å². The number of anilines is 1. The lowest BCUT2D eigenvalue weighted by Gasteiger charge is -2.19. The zero-order chi connectivity index (χ0) is 38.8. The molecule has 0 bridgehead atoms. The number of carboxylic acids is 2. The summed E-state index contributed by atoms with van der Waals surface area (Å²) in [4.78, 5) is 62.8. The number of aliphatic carboxylic acids is 2. The molecule has 5 aromatic rings. The number of ether oxygens (including phenoxy) is 3. The van der Waals surface area contributed by atoms with Crippen molar-refractivity contribution in [2.75, 3.05) is 12.4 Å². The van der Waals surface area contributed by atoms with Gasteiger partial charge in [-0.05, 0) is 63.2 Å². The van der Waals surface area contributed by atoms with Gasteiger partial charge >= 0.3 is 17.9 Å². The van der Waals surface area contributed by atoms with E-state index >= 15 is 4.39 Å².